The predicted octanol–water partition coefficient (Wildman–Crippen LogP) is 3.86. The molecule has 0 bridgehead atoms. The Balaban J connectivity index is 1.72. The summed E-state index contributed by atoms with van der Waals surface area (Å²) in [6.07, 6.45) is 3.53. The third-order valence-corrected chi connectivity index (χ3v) is 5.30. The molecule has 1 heterocycles. The minimum atomic E-state index is -0.491. The van der Waals surface area contributed by atoms with Crippen molar-refractivity contribution < 1.29 is 19.1 Å². The van der Waals surface area contributed by atoms with Gasteiger partial charge in [0.25, 0.3) is 11.8 Å². The summed E-state index contributed by atoms with van der Waals surface area (Å²) in [5, 5.41) is 12.3. The van der Waals surface area contributed by atoms with E-state index in [9.17, 15) is 14.9 Å². The molecule has 0 radical (unpaired) electrons. The summed E-state index contributed by atoms with van der Waals surface area (Å²) in [5.74, 6) is 0.300. The predicted molar refractivity (Wildman–Crippen MR) is 122 cm³/mol. The smallest absolute Gasteiger partial charge is 0.266 e. The maximum atomic E-state index is 12.6. The zero-order chi connectivity index (χ0) is 23.1. The number of carbonyl (C=O) groups excluding carboxylic acids is 2. The van der Waals surface area contributed by atoms with E-state index < -0.39 is 5.91 Å². The largest absolute Gasteiger partial charge is 0.493 e. The van der Waals surface area contributed by atoms with Crippen LogP contribution in [0.2, 0.25) is 0 Å². The lowest BCUT2D eigenvalue weighted by atomic mass is 10.1. The number of likely N-dealkylation sites (tertiary alicyclic amines) is 1. The Bertz CT molecular complexity index is 1080. The quantitative estimate of drug-likeness (QED) is 0.529. The number of hydrogen-bond acceptors (Lipinski definition) is 5. The molecule has 1 fully saturated rings. The van der Waals surface area contributed by atoms with Crippen LogP contribution in [-0.4, -0.2) is 43.5 Å². The molecule has 1 aliphatic heterocycles. The standard InChI is InChI=1S/C25H27N3O4/c1-17-6-8-21(18(2)12-17)27-25(30)20(15-26)13-19-7-9-22(23(14-19)31-3)32-16-24(29)28-10-4-5-11-28/h6-9,12-14H,4-5,10-11,16H2,1-3H3,(H,27,30)/b20-13+. The van der Waals surface area contributed by atoms with Gasteiger partial charge in [0.05, 0.1) is 7.11 Å². The van der Waals surface area contributed by atoms with Crippen LogP contribution in [-0.2, 0) is 9.59 Å². The van der Waals surface area contributed by atoms with Crippen molar-refractivity contribution in [3.05, 3.63) is 58.7 Å². The summed E-state index contributed by atoms with van der Waals surface area (Å²) in [4.78, 5) is 26.6. The number of nitrogens with zero attached hydrogens (tertiary/aromatic N) is 2. The molecule has 0 atom stereocenters. The summed E-state index contributed by atoms with van der Waals surface area (Å²) < 4.78 is 11.0. The van der Waals surface area contributed by atoms with Crippen LogP contribution in [0.3, 0.4) is 0 Å². The Labute approximate surface area is 188 Å². The van der Waals surface area contributed by atoms with Crippen LogP contribution in [0.25, 0.3) is 6.08 Å². The second-order valence-electron chi connectivity index (χ2n) is 7.73. The topological polar surface area (TPSA) is 91.7 Å². The molecule has 0 spiro atoms. The molecule has 0 aliphatic carbocycles. The van der Waals surface area contributed by atoms with Gasteiger partial charge in [-0.2, -0.15) is 5.26 Å². The molecule has 0 aromatic heterocycles. The average molecular weight is 434 g/mol. The van der Waals surface area contributed by atoms with Crippen molar-refractivity contribution in [2.45, 2.75) is 26.7 Å². The van der Waals surface area contributed by atoms with E-state index in [1.807, 2.05) is 38.1 Å². The molecule has 3 rings (SSSR count). The van der Waals surface area contributed by atoms with Gasteiger partial charge < -0.3 is 19.7 Å². The van der Waals surface area contributed by atoms with Crippen LogP contribution in [0.5, 0.6) is 11.5 Å². The lowest BCUT2D eigenvalue weighted by molar-refractivity contribution is -0.132. The fourth-order valence-electron chi connectivity index (χ4n) is 3.55. The highest BCUT2D eigenvalue weighted by molar-refractivity contribution is 6.10. The normalized spacial score (nSPS) is 13.4. The van der Waals surface area contributed by atoms with E-state index in [-0.39, 0.29) is 18.1 Å². The van der Waals surface area contributed by atoms with Gasteiger partial charge in [-0.05, 0) is 62.1 Å². The fraction of sp³-hybridized carbons (Fsp3) is 0.320. The molecule has 166 valence electrons. The second kappa shape index (κ2) is 10.5. The monoisotopic (exact) mass is 433 g/mol. The number of nitrogens with one attached hydrogen (secondary N) is 1. The molecular formula is C25H27N3O4. The number of nitriles is 1. The Hall–Kier alpha value is -3.79. The number of anilines is 1. The van der Waals surface area contributed by atoms with Crippen LogP contribution in [0.15, 0.2) is 42.0 Å². The van der Waals surface area contributed by atoms with E-state index in [1.54, 1.807) is 23.1 Å². The summed E-state index contributed by atoms with van der Waals surface area (Å²) in [5.41, 5.74) is 3.23. The number of carbonyl (C=O) groups is 2. The zero-order valence-electron chi connectivity index (χ0n) is 18.6. The molecular weight excluding hydrogens is 406 g/mol. The number of amides is 2. The second-order valence-corrected chi connectivity index (χ2v) is 7.73. The molecule has 2 amide bonds. The van der Waals surface area contributed by atoms with Crippen molar-refractivity contribution in [2.75, 3.05) is 32.1 Å². The Kier molecular flexibility index (Phi) is 7.50. The van der Waals surface area contributed by atoms with E-state index in [4.69, 9.17) is 9.47 Å². The van der Waals surface area contributed by atoms with Gasteiger partial charge in [0, 0.05) is 18.8 Å². The first-order chi connectivity index (χ1) is 15.4. The van der Waals surface area contributed by atoms with E-state index in [2.05, 4.69) is 5.32 Å². The highest BCUT2D eigenvalue weighted by Crippen LogP contribution is 2.29. The molecule has 7 nitrogen and oxygen atoms in total. The fourth-order valence-corrected chi connectivity index (χ4v) is 3.55. The molecule has 32 heavy (non-hydrogen) atoms. The summed E-state index contributed by atoms with van der Waals surface area (Å²) in [6.45, 7) is 5.35. The Morgan fingerprint density at radius 3 is 2.53 bits per heavy atom. The van der Waals surface area contributed by atoms with Gasteiger partial charge in [-0.1, -0.05) is 23.8 Å². The van der Waals surface area contributed by atoms with Gasteiger partial charge >= 0.3 is 0 Å². The SMILES string of the molecule is COc1cc(/C=C(\C#N)C(=O)Nc2ccc(C)cc2C)ccc1OCC(=O)N1CCCC1. The molecule has 0 saturated carbocycles. The average Bonchev–Trinajstić information content (AvgIpc) is 3.33. The first-order valence-electron chi connectivity index (χ1n) is 10.5. The van der Waals surface area contributed by atoms with E-state index >= 15 is 0 Å². The van der Waals surface area contributed by atoms with Gasteiger partial charge in [-0.15, -0.1) is 0 Å². The van der Waals surface area contributed by atoms with Crippen molar-refractivity contribution in [1.82, 2.24) is 4.90 Å². The van der Waals surface area contributed by atoms with Crippen LogP contribution in [0, 0.1) is 25.2 Å². The van der Waals surface area contributed by atoms with Gasteiger partial charge in [0.1, 0.15) is 11.6 Å². The highest BCUT2D eigenvalue weighted by Gasteiger charge is 2.19. The maximum Gasteiger partial charge on any atom is 0.266 e. The molecule has 1 N–H and O–H groups in total. The lowest BCUT2D eigenvalue weighted by Crippen LogP contribution is -2.32. The molecule has 2 aromatic carbocycles. The maximum absolute atomic E-state index is 12.6. The Morgan fingerprint density at radius 1 is 1.12 bits per heavy atom. The van der Waals surface area contributed by atoms with Crippen molar-refractivity contribution in [2.24, 2.45) is 0 Å². The van der Waals surface area contributed by atoms with E-state index in [0.717, 1.165) is 37.1 Å². The molecule has 1 aliphatic rings. The van der Waals surface area contributed by atoms with Crippen LogP contribution in [0.1, 0.15) is 29.5 Å². The lowest BCUT2D eigenvalue weighted by Gasteiger charge is -2.16. The number of hydrogen-bond donors (Lipinski definition) is 1. The summed E-state index contributed by atoms with van der Waals surface area (Å²) in [7, 11) is 1.50. The number of methoxy groups -OCH3 is 1. The minimum absolute atomic E-state index is 0.0371. The molecule has 7 heteroatoms. The van der Waals surface area contributed by atoms with E-state index in [1.165, 1.54) is 13.2 Å². The van der Waals surface area contributed by atoms with Crippen LogP contribution >= 0.6 is 0 Å². The molecule has 1 saturated heterocycles. The Morgan fingerprint density at radius 2 is 1.88 bits per heavy atom. The number of rotatable bonds is 7. The number of benzene rings is 2. The first kappa shape index (κ1) is 22.9. The summed E-state index contributed by atoms with van der Waals surface area (Å²) in [6, 6.07) is 12.7. The van der Waals surface area contributed by atoms with Gasteiger partial charge in [0.15, 0.2) is 18.1 Å². The number of ether oxygens (including phenoxy) is 2. The van der Waals surface area contributed by atoms with Gasteiger partial charge in [0.2, 0.25) is 0 Å². The van der Waals surface area contributed by atoms with Crippen molar-refractivity contribution in [1.29, 1.82) is 5.26 Å². The third kappa shape index (κ3) is 5.67. The number of aryl methyl sites for hydroxylation is 2. The van der Waals surface area contributed by atoms with Gasteiger partial charge in [-0.3, -0.25) is 9.59 Å². The van der Waals surface area contributed by atoms with Crippen LogP contribution < -0.4 is 14.8 Å². The van der Waals surface area contributed by atoms with E-state index in [0.29, 0.717) is 22.7 Å². The zero-order valence-corrected chi connectivity index (χ0v) is 18.6. The third-order valence-electron chi connectivity index (χ3n) is 5.30. The van der Waals surface area contributed by atoms with Crippen LogP contribution in [0.4, 0.5) is 5.69 Å². The molecule has 2 aromatic rings. The highest BCUT2D eigenvalue weighted by atomic mass is 16.5. The van der Waals surface area contributed by atoms with Crippen molar-refractivity contribution >= 4 is 23.6 Å². The minimum Gasteiger partial charge on any atom is -0.493 e. The first-order valence-corrected chi connectivity index (χ1v) is 10.5. The van der Waals surface area contributed by atoms with Crippen molar-refractivity contribution in [3.8, 4) is 17.6 Å². The summed E-state index contributed by atoms with van der Waals surface area (Å²) >= 11 is 0. The molecule has 0 unspecified atom stereocenters. The van der Waals surface area contributed by atoms with Gasteiger partial charge in [-0.25, -0.2) is 0 Å². The van der Waals surface area contributed by atoms with Crippen molar-refractivity contribution in [3.63, 3.8) is 0 Å².